The maximum atomic E-state index is 12.7. The van der Waals surface area contributed by atoms with E-state index in [4.69, 9.17) is 0 Å². The van der Waals surface area contributed by atoms with Crippen LogP contribution < -0.4 is 5.32 Å². The second kappa shape index (κ2) is 7.61. The van der Waals surface area contributed by atoms with Gasteiger partial charge in [0.2, 0.25) is 5.91 Å². The first-order chi connectivity index (χ1) is 12.4. The van der Waals surface area contributed by atoms with Gasteiger partial charge < -0.3 is 9.88 Å². The molecule has 0 atom stereocenters. The number of carbonyl (C=O) groups excluding carboxylic acids is 2. The minimum atomic E-state index is -0.102. The number of carbonyl (C=O) groups is 2. The first-order valence-electron chi connectivity index (χ1n) is 8.54. The largest absolute Gasteiger partial charge is 0.335 e. The summed E-state index contributed by atoms with van der Waals surface area (Å²) in [4.78, 5) is 24.2. The molecule has 5 heteroatoms. The predicted molar refractivity (Wildman–Crippen MR) is 114 cm³/mol. The molecule has 0 bridgehead atoms. The molecular weight excluding hydrogens is 439 g/mol. The van der Waals surface area contributed by atoms with Crippen molar-refractivity contribution in [2.75, 3.05) is 5.32 Å². The Hall–Kier alpha value is -2.15. The fraction of sp³-hybridized carbons (Fsp3) is 0.238. The van der Waals surface area contributed by atoms with Gasteiger partial charge in [-0.3, -0.25) is 9.59 Å². The Kier molecular flexibility index (Phi) is 5.46. The zero-order valence-corrected chi connectivity index (χ0v) is 17.2. The Labute approximate surface area is 166 Å². The molecule has 0 saturated carbocycles. The van der Waals surface area contributed by atoms with Crippen LogP contribution in [0.4, 0.5) is 5.69 Å². The number of amides is 1. The van der Waals surface area contributed by atoms with Crippen LogP contribution in [0.2, 0.25) is 0 Å². The first kappa shape index (κ1) is 18.6. The molecule has 1 N–H and O–H groups in total. The zero-order valence-electron chi connectivity index (χ0n) is 15.0. The third kappa shape index (κ3) is 3.53. The molecule has 3 rings (SSSR count). The van der Waals surface area contributed by atoms with Gasteiger partial charge in [0.15, 0.2) is 6.29 Å². The second-order valence-electron chi connectivity index (χ2n) is 6.65. The number of para-hydroxylation sites is 1. The lowest BCUT2D eigenvalue weighted by atomic mass is 10.0. The number of aldehydes is 1. The Balaban J connectivity index is 1.92. The highest BCUT2D eigenvalue weighted by Gasteiger charge is 2.16. The number of nitrogens with one attached hydrogen (secondary N) is 1. The van der Waals surface area contributed by atoms with Crippen LogP contribution in [-0.2, 0) is 11.3 Å². The van der Waals surface area contributed by atoms with Crippen LogP contribution in [0.1, 0.15) is 41.4 Å². The fourth-order valence-electron chi connectivity index (χ4n) is 3.27. The van der Waals surface area contributed by atoms with Crippen molar-refractivity contribution in [2.24, 2.45) is 0 Å². The van der Waals surface area contributed by atoms with Crippen LogP contribution >= 0.6 is 22.6 Å². The van der Waals surface area contributed by atoms with Gasteiger partial charge in [-0.25, -0.2) is 0 Å². The third-order valence-electron chi connectivity index (χ3n) is 4.61. The van der Waals surface area contributed by atoms with Crippen molar-refractivity contribution in [1.29, 1.82) is 0 Å². The molecule has 0 fully saturated rings. The molecule has 3 aromatic rings. The van der Waals surface area contributed by atoms with E-state index in [1.165, 1.54) is 0 Å². The lowest BCUT2D eigenvalue weighted by Gasteiger charge is -2.15. The molecule has 0 saturated heterocycles. The summed E-state index contributed by atoms with van der Waals surface area (Å²) < 4.78 is 3.04. The van der Waals surface area contributed by atoms with E-state index in [-0.39, 0.29) is 12.5 Å². The molecule has 0 radical (unpaired) electrons. The predicted octanol–water partition coefficient (Wildman–Crippen LogP) is 5.13. The topological polar surface area (TPSA) is 51.1 Å². The zero-order chi connectivity index (χ0) is 18.8. The lowest BCUT2D eigenvalue weighted by Crippen LogP contribution is -2.20. The molecule has 0 unspecified atom stereocenters. The van der Waals surface area contributed by atoms with E-state index in [1.807, 2.05) is 47.9 Å². The molecule has 2 aromatic carbocycles. The number of rotatable bonds is 5. The maximum Gasteiger partial charge on any atom is 0.244 e. The summed E-state index contributed by atoms with van der Waals surface area (Å²) in [5.74, 6) is 0.213. The molecule has 0 spiro atoms. The van der Waals surface area contributed by atoms with E-state index >= 15 is 0 Å². The first-order valence-corrected chi connectivity index (χ1v) is 9.62. The molecule has 0 aliphatic rings. The van der Waals surface area contributed by atoms with Gasteiger partial charge in [0.1, 0.15) is 6.54 Å². The summed E-state index contributed by atoms with van der Waals surface area (Å²) in [5.41, 5.74) is 4.31. The van der Waals surface area contributed by atoms with Gasteiger partial charge in [-0.1, -0.05) is 32.0 Å². The molecule has 4 nitrogen and oxygen atoms in total. The normalized spacial score (nSPS) is 11.1. The molecule has 0 aliphatic heterocycles. The van der Waals surface area contributed by atoms with Crippen molar-refractivity contribution < 1.29 is 9.59 Å². The Bertz CT molecular complexity index is 989. The van der Waals surface area contributed by atoms with Crippen LogP contribution in [0.15, 0.2) is 42.5 Å². The van der Waals surface area contributed by atoms with Crippen molar-refractivity contribution >= 4 is 51.4 Å². The number of aromatic nitrogens is 1. The monoisotopic (exact) mass is 460 g/mol. The number of benzene rings is 2. The maximum absolute atomic E-state index is 12.7. The molecule has 1 heterocycles. The summed E-state index contributed by atoms with van der Waals surface area (Å²) in [6.07, 6.45) is 0.863. The van der Waals surface area contributed by atoms with Gasteiger partial charge in [-0.05, 0) is 65.3 Å². The molecule has 134 valence electrons. The van der Waals surface area contributed by atoms with Gasteiger partial charge in [0.25, 0.3) is 0 Å². The summed E-state index contributed by atoms with van der Waals surface area (Å²) >= 11 is 2.28. The van der Waals surface area contributed by atoms with Crippen LogP contribution in [0.3, 0.4) is 0 Å². The average molecular weight is 460 g/mol. The standard InChI is InChI=1S/C21H21IN2O2/c1-13(2)17-10-15(22)8-9-19(17)23-21(26)11-24-14(3)18(12-25)16-6-4-5-7-20(16)24/h4-10,12-13H,11H2,1-3H3,(H,23,26). The van der Waals surface area contributed by atoms with Crippen molar-refractivity contribution in [2.45, 2.75) is 33.2 Å². The van der Waals surface area contributed by atoms with E-state index in [2.05, 4.69) is 47.8 Å². The van der Waals surface area contributed by atoms with Gasteiger partial charge >= 0.3 is 0 Å². The molecular formula is C21H21IN2O2. The highest BCUT2D eigenvalue weighted by Crippen LogP contribution is 2.27. The van der Waals surface area contributed by atoms with Crippen LogP contribution in [-0.4, -0.2) is 16.8 Å². The van der Waals surface area contributed by atoms with E-state index in [0.717, 1.165) is 37.7 Å². The Morgan fingerprint density at radius 3 is 2.65 bits per heavy atom. The number of nitrogens with zero attached hydrogens (tertiary/aromatic N) is 1. The molecule has 26 heavy (non-hydrogen) atoms. The summed E-state index contributed by atoms with van der Waals surface area (Å²) in [7, 11) is 0. The van der Waals surface area contributed by atoms with Gasteiger partial charge in [0.05, 0.1) is 0 Å². The average Bonchev–Trinajstić information content (AvgIpc) is 2.88. The molecule has 1 amide bonds. The number of halogens is 1. The second-order valence-corrected chi connectivity index (χ2v) is 7.90. The summed E-state index contributed by atoms with van der Waals surface area (Å²) in [6, 6.07) is 13.7. The van der Waals surface area contributed by atoms with E-state index in [0.29, 0.717) is 11.5 Å². The van der Waals surface area contributed by atoms with E-state index in [9.17, 15) is 9.59 Å². The van der Waals surface area contributed by atoms with E-state index in [1.54, 1.807) is 0 Å². The fourth-order valence-corrected chi connectivity index (χ4v) is 3.78. The van der Waals surface area contributed by atoms with Crippen LogP contribution in [0.5, 0.6) is 0 Å². The highest BCUT2D eigenvalue weighted by molar-refractivity contribution is 14.1. The molecule has 0 aliphatic carbocycles. The smallest absolute Gasteiger partial charge is 0.244 e. The van der Waals surface area contributed by atoms with Crippen LogP contribution in [0, 0.1) is 10.5 Å². The number of hydrogen-bond acceptors (Lipinski definition) is 2. The SMILES string of the molecule is Cc1c(C=O)c2ccccc2n1CC(=O)Nc1ccc(I)cc1C(C)C. The Morgan fingerprint density at radius 2 is 1.96 bits per heavy atom. The minimum absolute atomic E-state index is 0.102. The van der Waals surface area contributed by atoms with Crippen molar-refractivity contribution in [3.05, 3.63) is 62.9 Å². The number of fused-ring (bicyclic) bond motifs is 1. The van der Waals surface area contributed by atoms with Crippen LogP contribution in [0.25, 0.3) is 10.9 Å². The lowest BCUT2D eigenvalue weighted by molar-refractivity contribution is -0.116. The third-order valence-corrected chi connectivity index (χ3v) is 5.28. The number of anilines is 1. The summed E-state index contributed by atoms with van der Waals surface area (Å²) in [6.45, 7) is 6.27. The number of hydrogen-bond donors (Lipinski definition) is 1. The van der Waals surface area contributed by atoms with Gasteiger partial charge in [-0.15, -0.1) is 0 Å². The molecule has 1 aromatic heterocycles. The van der Waals surface area contributed by atoms with Gasteiger partial charge in [0, 0.05) is 31.4 Å². The van der Waals surface area contributed by atoms with Crippen molar-refractivity contribution in [3.8, 4) is 0 Å². The minimum Gasteiger partial charge on any atom is -0.335 e. The highest BCUT2D eigenvalue weighted by atomic mass is 127. The summed E-state index contributed by atoms with van der Waals surface area (Å²) in [5, 5.41) is 3.91. The van der Waals surface area contributed by atoms with Crippen molar-refractivity contribution in [3.63, 3.8) is 0 Å². The Morgan fingerprint density at radius 1 is 1.23 bits per heavy atom. The quantitative estimate of drug-likeness (QED) is 0.424. The van der Waals surface area contributed by atoms with E-state index < -0.39 is 0 Å². The van der Waals surface area contributed by atoms with Gasteiger partial charge in [-0.2, -0.15) is 0 Å². The van der Waals surface area contributed by atoms with Crippen molar-refractivity contribution in [1.82, 2.24) is 4.57 Å².